The fourth-order valence-electron chi connectivity index (χ4n) is 3.75. The van der Waals surface area contributed by atoms with Crippen LogP contribution in [0, 0.1) is 6.92 Å². The highest BCUT2D eigenvalue weighted by molar-refractivity contribution is 5.79. The van der Waals surface area contributed by atoms with Crippen molar-refractivity contribution >= 4 is 11.8 Å². The van der Waals surface area contributed by atoms with Crippen LogP contribution in [-0.2, 0) is 16.1 Å². The quantitative estimate of drug-likeness (QED) is 0.894. The average Bonchev–Trinajstić information content (AvgIpc) is 3.00. The van der Waals surface area contributed by atoms with Gasteiger partial charge in [-0.15, -0.1) is 0 Å². The van der Waals surface area contributed by atoms with Crippen LogP contribution in [0.3, 0.4) is 0 Å². The van der Waals surface area contributed by atoms with Crippen molar-refractivity contribution in [2.45, 2.75) is 45.2 Å². The second-order valence-electron chi connectivity index (χ2n) is 6.93. The van der Waals surface area contributed by atoms with Crippen LogP contribution >= 0.6 is 0 Å². The molecular weight excluding hydrogens is 302 g/mol. The Labute approximate surface area is 144 Å². The molecule has 2 fully saturated rings. The van der Waals surface area contributed by atoms with Crippen molar-refractivity contribution in [2.75, 3.05) is 26.2 Å². The number of aryl methyl sites for hydroxylation is 1. The third kappa shape index (κ3) is 4.15. The number of hydrogen-bond acceptors (Lipinski definition) is 3. The van der Waals surface area contributed by atoms with Gasteiger partial charge in [-0.25, -0.2) is 0 Å². The fourth-order valence-corrected chi connectivity index (χ4v) is 3.75. The van der Waals surface area contributed by atoms with Crippen LogP contribution in [0.25, 0.3) is 0 Å². The van der Waals surface area contributed by atoms with Gasteiger partial charge in [0.1, 0.15) is 0 Å². The highest BCUT2D eigenvalue weighted by Crippen LogP contribution is 2.21. The van der Waals surface area contributed by atoms with Crippen LogP contribution in [0.1, 0.15) is 36.8 Å². The van der Waals surface area contributed by atoms with Crippen molar-refractivity contribution in [3.05, 3.63) is 35.4 Å². The van der Waals surface area contributed by atoms with Crippen molar-refractivity contribution < 1.29 is 9.59 Å². The van der Waals surface area contributed by atoms with E-state index in [9.17, 15) is 9.59 Å². The summed E-state index contributed by atoms with van der Waals surface area (Å²) in [4.78, 5) is 28.4. The first kappa shape index (κ1) is 17.0. The van der Waals surface area contributed by atoms with E-state index in [0.717, 1.165) is 44.5 Å². The fraction of sp³-hybridized carbons (Fsp3) is 0.579. The minimum atomic E-state index is 0.0617. The second kappa shape index (κ2) is 7.79. The van der Waals surface area contributed by atoms with E-state index >= 15 is 0 Å². The Kier molecular flexibility index (Phi) is 5.51. The van der Waals surface area contributed by atoms with Crippen molar-refractivity contribution in [1.82, 2.24) is 15.1 Å². The largest absolute Gasteiger partial charge is 0.351 e. The summed E-state index contributed by atoms with van der Waals surface area (Å²) >= 11 is 0. The van der Waals surface area contributed by atoms with E-state index in [1.165, 1.54) is 5.56 Å². The number of piperidine rings is 1. The van der Waals surface area contributed by atoms with Crippen LogP contribution < -0.4 is 5.32 Å². The Bertz CT molecular complexity index is 602. The zero-order chi connectivity index (χ0) is 16.9. The van der Waals surface area contributed by atoms with Gasteiger partial charge in [0, 0.05) is 32.1 Å². The first-order valence-corrected chi connectivity index (χ1v) is 8.96. The molecule has 1 aromatic rings. The van der Waals surface area contributed by atoms with E-state index in [0.29, 0.717) is 19.5 Å². The van der Waals surface area contributed by atoms with Crippen molar-refractivity contribution in [3.8, 4) is 0 Å². The predicted octanol–water partition coefficient (Wildman–Crippen LogP) is 1.70. The van der Waals surface area contributed by atoms with Gasteiger partial charge in [-0.3, -0.25) is 14.5 Å². The first-order valence-electron chi connectivity index (χ1n) is 8.96. The average molecular weight is 329 g/mol. The number of carbonyl (C=O) groups is 2. The minimum Gasteiger partial charge on any atom is -0.351 e. The van der Waals surface area contributed by atoms with Crippen LogP contribution in [0.4, 0.5) is 0 Å². The molecule has 5 heteroatoms. The number of hydrogen-bond donors (Lipinski definition) is 1. The molecule has 0 spiro atoms. The summed E-state index contributed by atoms with van der Waals surface area (Å²) in [6.45, 7) is 5.71. The highest BCUT2D eigenvalue weighted by atomic mass is 16.2. The molecule has 0 saturated carbocycles. The molecule has 5 nitrogen and oxygen atoms in total. The van der Waals surface area contributed by atoms with Gasteiger partial charge in [0.15, 0.2) is 0 Å². The summed E-state index contributed by atoms with van der Waals surface area (Å²) in [5.74, 6) is 0.345. The first-order chi connectivity index (χ1) is 11.6. The number of rotatable bonds is 5. The second-order valence-corrected chi connectivity index (χ2v) is 6.93. The number of likely N-dealkylation sites (tertiary alicyclic amines) is 2. The van der Waals surface area contributed by atoms with Crippen LogP contribution in [-0.4, -0.2) is 53.8 Å². The van der Waals surface area contributed by atoms with Gasteiger partial charge in [-0.1, -0.05) is 24.3 Å². The molecule has 130 valence electrons. The van der Waals surface area contributed by atoms with Gasteiger partial charge in [0.05, 0.1) is 6.54 Å². The molecule has 0 aromatic heterocycles. The summed E-state index contributed by atoms with van der Waals surface area (Å²) in [6, 6.07) is 8.40. The van der Waals surface area contributed by atoms with Gasteiger partial charge in [0.25, 0.3) is 0 Å². The van der Waals surface area contributed by atoms with Crippen molar-refractivity contribution in [1.29, 1.82) is 0 Å². The van der Waals surface area contributed by atoms with Crippen LogP contribution in [0.5, 0.6) is 0 Å². The zero-order valence-electron chi connectivity index (χ0n) is 14.5. The summed E-state index contributed by atoms with van der Waals surface area (Å²) in [7, 11) is 0. The van der Waals surface area contributed by atoms with Gasteiger partial charge in [-0.05, 0) is 43.9 Å². The van der Waals surface area contributed by atoms with Gasteiger partial charge in [0.2, 0.25) is 11.8 Å². The van der Waals surface area contributed by atoms with Gasteiger partial charge < -0.3 is 10.2 Å². The lowest BCUT2D eigenvalue weighted by Gasteiger charge is -2.37. The summed E-state index contributed by atoms with van der Waals surface area (Å²) < 4.78 is 0. The molecular formula is C19H27N3O2. The lowest BCUT2D eigenvalue weighted by Crippen LogP contribution is -2.50. The van der Waals surface area contributed by atoms with Gasteiger partial charge in [-0.2, -0.15) is 0 Å². The summed E-state index contributed by atoms with van der Waals surface area (Å²) in [5, 5.41) is 3.02. The molecule has 3 rings (SSSR count). The molecule has 2 aliphatic rings. The Morgan fingerprint density at radius 3 is 2.83 bits per heavy atom. The maximum Gasteiger partial charge on any atom is 0.234 e. The molecule has 0 unspecified atom stereocenters. The molecule has 1 aromatic carbocycles. The zero-order valence-corrected chi connectivity index (χ0v) is 14.5. The number of nitrogens with zero attached hydrogens (tertiary/aromatic N) is 2. The molecule has 2 amide bonds. The van der Waals surface area contributed by atoms with Crippen molar-refractivity contribution in [2.24, 2.45) is 0 Å². The van der Waals surface area contributed by atoms with Crippen LogP contribution in [0.15, 0.2) is 24.3 Å². The molecule has 0 radical (unpaired) electrons. The Morgan fingerprint density at radius 1 is 1.25 bits per heavy atom. The topological polar surface area (TPSA) is 52.7 Å². The lowest BCUT2D eigenvalue weighted by molar-refractivity contribution is -0.130. The van der Waals surface area contributed by atoms with E-state index in [1.54, 1.807) is 0 Å². The molecule has 2 saturated heterocycles. The Hall–Kier alpha value is -1.88. The number of carbonyl (C=O) groups excluding carboxylic acids is 2. The third-order valence-corrected chi connectivity index (χ3v) is 5.14. The van der Waals surface area contributed by atoms with Crippen molar-refractivity contribution in [3.63, 3.8) is 0 Å². The number of amides is 2. The lowest BCUT2D eigenvalue weighted by atomic mass is 10.0. The monoisotopic (exact) mass is 329 g/mol. The maximum atomic E-state index is 12.3. The molecule has 2 aliphatic heterocycles. The van der Waals surface area contributed by atoms with E-state index < -0.39 is 0 Å². The highest BCUT2D eigenvalue weighted by Gasteiger charge is 2.31. The Morgan fingerprint density at radius 2 is 2.08 bits per heavy atom. The third-order valence-electron chi connectivity index (χ3n) is 5.14. The number of benzene rings is 1. The normalized spacial score (nSPS) is 22.0. The summed E-state index contributed by atoms with van der Waals surface area (Å²) in [5.41, 5.74) is 2.36. The van der Waals surface area contributed by atoms with Gasteiger partial charge >= 0.3 is 0 Å². The predicted molar refractivity (Wildman–Crippen MR) is 93.4 cm³/mol. The van der Waals surface area contributed by atoms with E-state index in [2.05, 4.69) is 23.2 Å². The standard InChI is InChI=1S/C19H27N3O2/c1-15-6-2-3-7-16(15)12-20-18(23)14-21-10-4-8-17(13-21)22-11-5-9-19(22)24/h2-3,6-7,17H,4-5,8-14H2,1H3,(H,20,23)/t17-/m1/s1. The molecule has 2 heterocycles. The molecule has 0 aliphatic carbocycles. The smallest absolute Gasteiger partial charge is 0.234 e. The molecule has 1 atom stereocenters. The number of nitrogens with one attached hydrogen (secondary N) is 1. The SMILES string of the molecule is Cc1ccccc1CNC(=O)CN1CCC[C@@H](N2CCCC2=O)C1. The van der Waals surface area contributed by atoms with E-state index in [4.69, 9.17) is 0 Å². The molecule has 0 bridgehead atoms. The molecule has 1 N–H and O–H groups in total. The summed E-state index contributed by atoms with van der Waals surface area (Å²) in [6.07, 6.45) is 3.78. The molecule has 24 heavy (non-hydrogen) atoms. The van der Waals surface area contributed by atoms with Crippen LogP contribution in [0.2, 0.25) is 0 Å². The minimum absolute atomic E-state index is 0.0617. The van der Waals surface area contributed by atoms with E-state index in [-0.39, 0.29) is 17.9 Å². The Balaban J connectivity index is 1.47. The van der Waals surface area contributed by atoms with E-state index in [1.807, 2.05) is 23.1 Å². The maximum absolute atomic E-state index is 12.3.